The van der Waals surface area contributed by atoms with Crippen molar-refractivity contribution in [1.29, 1.82) is 0 Å². The summed E-state index contributed by atoms with van der Waals surface area (Å²) in [5.41, 5.74) is 8.01. The van der Waals surface area contributed by atoms with Crippen LogP contribution in [0.3, 0.4) is 0 Å². The van der Waals surface area contributed by atoms with Crippen LogP contribution in [0.2, 0.25) is 0 Å². The van der Waals surface area contributed by atoms with E-state index >= 15 is 0 Å². The summed E-state index contributed by atoms with van der Waals surface area (Å²) in [5.74, 6) is 0.698. The van der Waals surface area contributed by atoms with Gasteiger partial charge in [-0.15, -0.1) is 21.5 Å². The standard InChI is InChI=1S/C10H10N6S/c1-6-2-8-14-15-10(16(8)5-12-6)7-4-17-9(3-11)13-7/h2,4-5H,3,11H2,1H3. The average Bonchev–Trinajstić information content (AvgIpc) is 2.93. The van der Waals surface area contributed by atoms with Crippen molar-refractivity contribution in [2.24, 2.45) is 5.73 Å². The summed E-state index contributed by atoms with van der Waals surface area (Å²) in [5, 5.41) is 11.0. The van der Waals surface area contributed by atoms with E-state index in [1.165, 1.54) is 11.3 Å². The van der Waals surface area contributed by atoms with Crippen LogP contribution in [-0.2, 0) is 6.54 Å². The third-order valence-corrected chi connectivity index (χ3v) is 3.26. The molecule has 0 amide bonds. The van der Waals surface area contributed by atoms with Crippen LogP contribution in [-0.4, -0.2) is 24.6 Å². The van der Waals surface area contributed by atoms with Crippen LogP contribution >= 0.6 is 11.3 Å². The molecule has 0 atom stereocenters. The number of hydrogen-bond donors (Lipinski definition) is 1. The van der Waals surface area contributed by atoms with Gasteiger partial charge in [0.2, 0.25) is 0 Å². The zero-order chi connectivity index (χ0) is 11.8. The van der Waals surface area contributed by atoms with Crippen LogP contribution in [0, 0.1) is 6.92 Å². The van der Waals surface area contributed by atoms with E-state index in [-0.39, 0.29) is 0 Å². The van der Waals surface area contributed by atoms with E-state index in [0.717, 1.165) is 22.0 Å². The zero-order valence-electron chi connectivity index (χ0n) is 9.16. The summed E-state index contributed by atoms with van der Waals surface area (Å²) < 4.78 is 1.82. The molecule has 3 aromatic rings. The molecule has 0 spiro atoms. The van der Waals surface area contributed by atoms with Crippen LogP contribution in [0.4, 0.5) is 0 Å². The van der Waals surface area contributed by atoms with Gasteiger partial charge in [-0.2, -0.15) is 0 Å². The fraction of sp³-hybridized carbons (Fsp3) is 0.200. The van der Waals surface area contributed by atoms with Gasteiger partial charge in [-0.3, -0.25) is 4.40 Å². The molecule has 0 saturated carbocycles. The van der Waals surface area contributed by atoms with Crippen LogP contribution in [0.15, 0.2) is 17.8 Å². The summed E-state index contributed by atoms with van der Waals surface area (Å²) in [7, 11) is 0. The van der Waals surface area contributed by atoms with E-state index in [9.17, 15) is 0 Å². The summed E-state index contributed by atoms with van der Waals surface area (Å²) in [4.78, 5) is 8.61. The molecule has 0 radical (unpaired) electrons. The van der Waals surface area contributed by atoms with Gasteiger partial charge in [0.05, 0.1) is 0 Å². The first-order valence-corrected chi connectivity index (χ1v) is 5.98. The summed E-state index contributed by atoms with van der Waals surface area (Å²) >= 11 is 1.52. The average molecular weight is 246 g/mol. The molecule has 0 aliphatic heterocycles. The van der Waals surface area contributed by atoms with Crippen molar-refractivity contribution in [3.05, 3.63) is 28.5 Å². The normalized spacial score (nSPS) is 11.2. The third-order valence-electron chi connectivity index (χ3n) is 2.39. The van der Waals surface area contributed by atoms with Gasteiger partial charge in [0, 0.05) is 23.7 Å². The Hall–Kier alpha value is -1.86. The minimum Gasteiger partial charge on any atom is -0.325 e. The second-order valence-electron chi connectivity index (χ2n) is 3.61. The molecule has 2 N–H and O–H groups in total. The van der Waals surface area contributed by atoms with E-state index in [1.807, 2.05) is 22.8 Å². The number of fused-ring (bicyclic) bond motifs is 1. The van der Waals surface area contributed by atoms with Gasteiger partial charge in [-0.1, -0.05) is 0 Å². The monoisotopic (exact) mass is 246 g/mol. The van der Waals surface area contributed by atoms with E-state index < -0.39 is 0 Å². The topological polar surface area (TPSA) is 82.0 Å². The molecule has 0 unspecified atom stereocenters. The van der Waals surface area contributed by atoms with E-state index in [4.69, 9.17) is 5.73 Å². The molecule has 0 fully saturated rings. The van der Waals surface area contributed by atoms with Gasteiger partial charge in [0.15, 0.2) is 11.5 Å². The molecule has 7 heteroatoms. The van der Waals surface area contributed by atoms with Gasteiger partial charge in [-0.25, -0.2) is 9.97 Å². The molecule has 17 heavy (non-hydrogen) atoms. The highest BCUT2D eigenvalue weighted by Crippen LogP contribution is 2.20. The highest BCUT2D eigenvalue weighted by atomic mass is 32.1. The molecule has 6 nitrogen and oxygen atoms in total. The van der Waals surface area contributed by atoms with Gasteiger partial charge in [0.1, 0.15) is 17.0 Å². The van der Waals surface area contributed by atoms with Crippen molar-refractivity contribution in [2.45, 2.75) is 13.5 Å². The van der Waals surface area contributed by atoms with Gasteiger partial charge in [-0.05, 0) is 6.92 Å². The lowest BCUT2D eigenvalue weighted by Gasteiger charge is -1.96. The van der Waals surface area contributed by atoms with E-state index in [2.05, 4.69) is 20.2 Å². The molecule has 86 valence electrons. The van der Waals surface area contributed by atoms with Crippen molar-refractivity contribution in [2.75, 3.05) is 0 Å². The highest BCUT2D eigenvalue weighted by Gasteiger charge is 2.11. The van der Waals surface area contributed by atoms with Gasteiger partial charge >= 0.3 is 0 Å². The van der Waals surface area contributed by atoms with Crippen molar-refractivity contribution < 1.29 is 0 Å². The second-order valence-corrected chi connectivity index (χ2v) is 4.56. The Bertz CT molecular complexity index is 670. The quantitative estimate of drug-likeness (QED) is 0.730. The maximum Gasteiger partial charge on any atom is 0.189 e. The number of nitrogens with zero attached hydrogens (tertiary/aromatic N) is 5. The highest BCUT2D eigenvalue weighted by molar-refractivity contribution is 7.09. The molecular weight excluding hydrogens is 236 g/mol. The Morgan fingerprint density at radius 1 is 1.41 bits per heavy atom. The van der Waals surface area contributed by atoms with Gasteiger partial charge < -0.3 is 5.73 Å². The Morgan fingerprint density at radius 3 is 3.06 bits per heavy atom. The van der Waals surface area contributed by atoms with E-state index in [0.29, 0.717) is 12.4 Å². The van der Waals surface area contributed by atoms with Crippen LogP contribution in [0.25, 0.3) is 17.2 Å². The minimum absolute atomic E-state index is 0.443. The molecule has 0 aliphatic carbocycles. The first-order valence-electron chi connectivity index (χ1n) is 5.10. The predicted octanol–water partition coefficient (Wildman–Crippen LogP) is 1.01. The third kappa shape index (κ3) is 1.69. The van der Waals surface area contributed by atoms with Crippen molar-refractivity contribution in [1.82, 2.24) is 24.6 Å². The number of aryl methyl sites for hydroxylation is 1. The van der Waals surface area contributed by atoms with Crippen molar-refractivity contribution in [3.63, 3.8) is 0 Å². The number of rotatable bonds is 2. The zero-order valence-corrected chi connectivity index (χ0v) is 9.98. The fourth-order valence-electron chi connectivity index (χ4n) is 1.57. The lowest BCUT2D eigenvalue weighted by Crippen LogP contribution is -1.96. The number of hydrogen-bond acceptors (Lipinski definition) is 6. The second kappa shape index (κ2) is 3.86. The first kappa shape index (κ1) is 10.3. The van der Waals surface area contributed by atoms with E-state index in [1.54, 1.807) is 6.33 Å². The number of thiazole rings is 1. The molecule has 0 saturated heterocycles. The first-order chi connectivity index (χ1) is 8.28. The smallest absolute Gasteiger partial charge is 0.189 e. The van der Waals surface area contributed by atoms with Crippen LogP contribution < -0.4 is 5.73 Å². The molecule has 0 aliphatic rings. The van der Waals surface area contributed by atoms with Gasteiger partial charge in [0.25, 0.3) is 0 Å². The predicted molar refractivity (Wildman–Crippen MR) is 64.5 cm³/mol. The lowest BCUT2D eigenvalue weighted by atomic mass is 10.4. The Balaban J connectivity index is 2.17. The summed E-state index contributed by atoms with van der Waals surface area (Å²) in [6.45, 7) is 2.36. The Labute approximate surface area is 101 Å². The summed E-state index contributed by atoms with van der Waals surface area (Å²) in [6.07, 6.45) is 1.71. The van der Waals surface area contributed by atoms with Crippen LogP contribution in [0.5, 0.6) is 0 Å². The Morgan fingerprint density at radius 2 is 2.29 bits per heavy atom. The number of aromatic nitrogens is 5. The maximum atomic E-state index is 5.54. The largest absolute Gasteiger partial charge is 0.325 e. The molecule has 3 heterocycles. The molecule has 0 aromatic carbocycles. The van der Waals surface area contributed by atoms with Crippen LogP contribution in [0.1, 0.15) is 10.7 Å². The molecule has 3 aromatic heterocycles. The molecular formula is C10H10N6S. The fourth-order valence-corrected chi connectivity index (χ4v) is 2.22. The Kier molecular flexibility index (Phi) is 2.34. The minimum atomic E-state index is 0.443. The SMILES string of the molecule is Cc1cc2nnc(-c3csc(CN)n3)n2cn1. The summed E-state index contributed by atoms with van der Waals surface area (Å²) in [6, 6.07) is 1.88. The number of nitrogens with two attached hydrogens (primary N) is 1. The van der Waals surface area contributed by atoms with Crippen molar-refractivity contribution >= 4 is 17.0 Å². The van der Waals surface area contributed by atoms with Crippen molar-refractivity contribution in [3.8, 4) is 11.5 Å². The molecule has 3 rings (SSSR count). The maximum absolute atomic E-state index is 5.54. The molecule has 0 bridgehead atoms. The lowest BCUT2D eigenvalue weighted by molar-refractivity contribution is 1.01.